The first kappa shape index (κ1) is 16.0. The van der Waals surface area contributed by atoms with Gasteiger partial charge < -0.3 is 10.3 Å². The second kappa shape index (κ2) is 7.03. The van der Waals surface area contributed by atoms with E-state index in [-0.39, 0.29) is 11.9 Å². The van der Waals surface area contributed by atoms with Crippen LogP contribution in [0.5, 0.6) is 0 Å². The zero-order valence-electron chi connectivity index (χ0n) is 13.3. The lowest BCUT2D eigenvalue weighted by Gasteiger charge is -2.14. The molecule has 0 aliphatic carbocycles. The van der Waals surface area contributed by atoms with E-state index in [1.165, 1.54) is 6.07 Å². The maximum Gasteiger partial charge on any atom is 0.125 e. The van der Waals surface area contributed by atoms with E-state index in [1.807, 2.05) is 6.92 Å². The third-order valence-electron chi connectivity index (χ3n) is 3.92. The Morgan fingerprint density at radius 1 is 1.29 bits per heavy atom. The summed E-state index contributed by atoms with van der Waals surface area (Å²) in [6.07, 6.45) is 4.22. The van der Waals surface area contributed by atoms with Gasteiger partial charge in [-0.2, -0.15) is 0 Å². The van der Waals surface area contributed by atoms with Crippen LogP contribution < -0.4 is 5.73 Å². The average molecular weight is 291 g/mol. The van der Waals surface area contributed by atoms with E-state index in [2.05, 4.69) is 18.4 Å². The quantitative estimate of drug-likeness (QED) is 0.830. The Hall–Kier alpha value is -1.42. The SMILES string of the molecule is CCCn1c(C(C)CCCC(C)N)nc2ccc(F)cc21. The number of rotatable bonds is 7. The minimum atomic E-state index is -0.198. The molecule has 2 N–H and O–H groups in total. The van der Waals surface area contributed by atoms with E-state index in [0.29, 0.717) is 5.92 Å². The van der Waals surface area contributed by atoms with Gasteiger partial charge in [-0.1, -0.05) is 20.3 Å². The van der Waals surface area contributed by atoms with Crippen LogP contribution >= 0.6 is 0 Å². The second-order valence-electron chi connectivity index (χ2n) is 6.06. The molecule has 2 atom stereocenters. The number of nitrogens with zero attached hydrogens (tertiary/aromatic N) is 2. The molecule has 2 aromatic rings. The molecule has 4 heteroatoms. The second-order valence-corrected chi connectivity index (χ2v) is 6.06. The molecule has 116 valence electrons. The Kier molecular flexibility index (Phi) is 5.34. The van der Waals surface area contributed by atoms with Crippen LogP contribution in [0.1, 0.15) is 58.2 Å². The number of halogens is 1. The van der Waals surface area contributed by atoms with Crippen molar-refractivity contribution >= 4 is 11.0 Å². The van der Waals surface area contributed by atoms with Gasteiger partial charge >= 0.3 is 0 Å². The molecule has 0 saturated heterocycles. The molecule has 0 radical (unpaired) electrons. The van der Waals surface area contributed by atoms with Gasteiger partial charge in [0.05, 0.1) is 11.0 Å². The summed E-state index contributed by atoms with van der Waals surface area (Å²) >= 11 is 0. The minimum absolute atomic E-state index is 0.198. The number of imidazole rings is 1. The highest BCUT2D eigenvalue weighted by atomic mass is 19.1. The Labute approximate surface area is 126 Å². The van der Waals surface area contributed by atoms with Gasteiger partial charge in [0.25, 0.3) is 0 Å². The van der Waals surface area contributed by atoms with Crippen molar-refractivity contribution in [3.63, 3.8) is 0 Å². The van der Waals surface area contributed by atoms with Crippen molar-refractivity contribution in [3.8, 4) is 0 Å². The normalized spacial score (nSPS) is 14.5. The van der Waals surface area contributed by atoms with Crippen LogP contribution in [0.3, 0.4) is 0 Å². The highest BCUT2D eigenvalue weighted by Crippen LogP contribution is 2.26. The van der Waals surface area contributed by atoms with Crippen LogP contribution in [0.2, 0.25) is 0 Å². The Morgan fingerprint density at radius 3 is 2.71 bits per heavy atom. The molecule has 0 spiro atoms. The third-order valence-corrected chi connectivity index (χ3v) is 3.92. The summed E-state index contributed by atoms with van der Waals surface area (Å²) < 4.78 is 15.7. The number of benzene rings is 1. The number of nitrogens with two attached hydrogens (primary N) is 1. The average Bonchev–Trinajstić information content (AvgIpc) is 2.77. The lowest BCUT2D eigenvalue weighted by molar-refractivity contribution is 0.521. The van der Waals surface area contributed by atoms with Gasteiger partial charge in [-0.15, -0.1) is 0 Å². The predicted octanol–water partition coefficient (Wildman–Crippen LogP) is 4.21. The standard InChI is InChI=1S/C17H26FN3/c1-4-10-21-16-11-14(18)8-9-15(16)20-17(21)12(2)6-5-7-13(3)19/h8-9,11-13H,4-7,10,19H2,1-3H3. The largest absolute Gasteiger partial charge is 0.328 e. The maximum absolute atomic E-state index is 13.5. The van der Waals surface area contributed by atoms with E-state index < -0.39 is 0 Å². The molecule has 2 rings (SSSR count). The van der Waals surface area contributed by atoms with E-state index in [9.17, 15) is 4.39 Å². The van der Waals surface area contributed by atoms with Gasteiger partial charge in [-0.3, -0.25) is 0 Å². The zero-order valence-corrected chi connectivity index (χ0v) is 13.3. The molecule has 0 fully saturated rings. The van der Waals surface area contributed by atoms with E-state index >= 15 is 0 Å². The van der Waals surface area contributed by atoms with Crippen molar-refractivity contribution in [3.05, 3.63) is 29.8 Å². The third kappa shape index (κ3) is 3.82. The molecule has 0 aliphatic heterocycles. The van der Waals surface area contributed by atoms with Crippen molar-refractivity contribution in [2.75, 3.05) is 0 Å². The van der Waals surface area contributed by atoms with Crippen LogP contribution in [-0.2, 0) is 6.54 Å². The van der Waals surface area contributed by atoms with Crippen LogP contribution in [0.25, 0.3) is 11.0 Å². The summed E-state index contributed by atoms with van der Waals surface area (Å²) in [4.78, 5) is 4.74. The van der Waals surface area contributed by atoms with Crippen LogP contribution in [-0.4, -0.2) is 15.6 Å². The van der Waals surface area contributed by atoms with Crippen molar-refractivity contribution in [2.24, 2.45) is 5.73 Å². The van der Waals surface area contributed by atoms with Crippen LogP contribution in [0.15, 0.2) is 18.2 Å². The summed E-state index contributed by atoms with van der Waals surface area (Å²) in [6, 6.07) is 5.10. The van der Waals surface area contributed by atoms with Crippen molar-refractivity contribution in [1.29, 1.82) is 0 Å². The smallest absolute Gasteiger partial charge is 0.125 e. The Bertz CT molecular complexity index is 589. The summed E-state index contributed by atoms with van der Waals surface area (Å²) in [7, 11) is 0. The zero-order chi connectivity index (χ0) is 15.4. The van der Waals surface area contributed by atoms with Crippen LogP contribution in [0.4, 0.5) is 4.39 Å². The monoisotopic (exact) mass is 291 g/mol. The number of fused-ring (bicyclic) bond motifs is 1. The lowest BCUT2D eigenvalue weighted by atomic mass is 10.0. The van der Waals surface area contributed by atoms with Gasteiger partial charge in [-0.05, 0) is 44.4 Å². The molecule has 1 aromatic heterocycles. The summed E-state index contributed by atoms with van der Waals surface area (Å²) in [5, 5.41) is 0. The molecule has 3 nitrogen and oxygen atoms in total. The number of aryl methyl sites for hydroxylation is 1. The lowest BCUT2D eigenvalue weighted by Crippen LogP contribution is -2.15. The first-order valence-electron chi connectivity index (χ1n) is 7.94. The van der Waals surface area contributed by atoms with Gasteiger partial charge in [0.2, 0.25) is 0 Å². The minimum Gasteiger partial charge on any atom is -0.328 e. The summed E-state index contributed by atoms with van der Waals surface area (Å²) in [5.41, 5.74) is 7.61. The van der Waals surface area contributed by atoms with Gasteiger partial charge in [-0.25, -0.2) is 9.37 Å². The molecule has 21 heavy (non-hydrogen) atoms. The Morgan fingerprint density at radius 2 is 2.05 bits per heavy atom. The van der Waals surface area contributed by atoms with Gasteiger partial charge in [0.1, 0.15) is 11.6 Å². The first-order chi connectivity index (χ1) is 10.0. The summed E-state index contributed by atoms with van der Waals surface area (Å²) in [5.74, 6) is 1.24. The molecule has 2 unspecified atom stereocenters. The topological polar surface area (TPSA) is 43.8 Å². The molecule has 1 aromatic carbocycles. The maximum atomic E-state index is 13.5. The van der Waals surface area contributed by atoms with E-state index in [1.54, 1.807) is 12.1 Å². The molecular weight excluding hydrogens is 265 g/mol. The molecule has 0 amide bonds. The van der Waals surface area contributed by atoms with Gasteiger partial charge in [0, 0.05) is 18.5 Å². The van der Waals surface area contributed by atoms with Crippen LogP contribution in [0, 0.1) is 5.82 Å². The first-order valence-corrected chi connectivity index (χ1v) is 7.94. The molecular formula is C17H26FN3. The summed E-state index contributed by atoms with van der Waals surface area (Å²) in [6.45, 7) is 7.26. The predicted molar refractivity (Wildman–Crippen MR) is 85.9 cm³/mol. The fourth-order valence-electron chi connectivity index (χ4n) is 2.82. The van der Waals surface area contributed by atoms with Gasteiger partial charge in [0.15, 0.2) is 0 Å². The van der Waals surface area contributed by atoms with E-state index in [0.717, 1.165) is 49.1 Å². The Balaban J connectivity index is 2.26. The number of aromatic nitrogens is 2. The molecule has 0 saturated carbocycles. The fourth-order valence-corrected chi connectivity index (χ4v) is 2.82. The molecule has 0 aliphatic rings. The highest BCUT2D eigenvalue weighted by Gasteiger charge is 2.16. The number of hydrogen-bond donors (Lipinski definition) is 1. The molecule has 1 heterocycles. The van der Waals surface area contributed by atoms with Crippen molar-refractivity contribution in [1.82, 2.24) is 9.55 Å². The molecule has 0 bridgehead atoms. The van der Waals surface area contributed by atoms with E-state index in [4.69, 9.17) is 10.7 Å². The fraction of sp³-hybridized carbons (Fsp3) is 0.588. The van der Waals surface area contributed by atoms with Crippen molar-refractivity contribution in [2.45, 2.75) is 65.0 Å². The van der Waals surface area contributed by atoms with Crippen molar-refractivity contribution < 1.29 is 4.39 Å². The number of hydrogen-bond acceptors (Lipinski definition) is 2. The highest BCUT2D eigenvalue weighted by molar-refractivity contribution is 5.76.